The van der Waals surface area contributed by atoms with E-state index in [2.05, 4.69) is 9.37 Å². The third-order valence-corrected chi connectivity index (χ3v) is 4.77. The van der Waals surface area contributed by atoms with E-state index in [0.717, 1.165) is 0 Å². The molecule has 134 valence electrons. The number of cyclic esters (lactones) is 1. The smallest absolute Gasteiger partial charge is 0.344 e. The van der Waals surface area contributed by atoms with Gasteiger partial charge in [0.15, 0.2) is 6.61 Å². The van der Waals surface area contributed by atoms with Crippen molar-refractivity contribution in [1.29, 1.82) is 0 Å². The number of carbonyl (C=O) groups is 3. The summed E-state index contributed by atoms with van der Waals surface area (Å²) in [4.78, 5) is 34.8. The SMILES string of the molecule is O=C(CCSOO[O-])OCC(=O)OC1CC2OC1C1C(=O)OCC21. The highest BCUT2D eigenvalue weighted by molar-refractivity contribution is 7.94. The van der Waals surface area contributed by atoms with E-state index in [1.165, 1.54) is 0 Å². The summed E-state index contributed by atoms with van der Waals surface area (Å²) in [6.07, 6.45) is -0.729. The Balaban J connectivity index is 1.37. The topological polar surface area (TPSA) is 130 Å². The lowest BCUT2D eigenvalue weighted by molar-refractivity contribution is -0.777. The first-order valence-corrected chi connectivity index (χ1v) is 8.26. The molecular formula is C13H15O10S-. The average Bonchev–Trinajstić information content (AvgIpc) is 3.23. The van der Waals surface area contributed by atoms with Crippen LogP contribution in [0.3, 0.4) is 0 Å². The Morgan fingerprint density at radius 1 is 1.33 bits per heavy atom. The molecule has 0 aromatic heterocycles. The Kier molecular flexibility index (Phi) is 5.56. The Morgan fingerprint density at radius 2 is 2.17 bits per heavy atom. The molecule has 5 atom stereocenters. The summed E-state index contributed by atoms with van der Waals surface area (Å²) in [5, 5.41) is 12.6. The van der Waals surface area contributed by atoms with Crippen molar-refractivity contribution in [3.8, 4) is 0 Å². The third-order valence-electron chi connectivity index (χ3n) is 4.25. The first-order valence-electron chi connectivity index (χ1n) is 7.35. The molecule has 0 aromatic rings. The molecule has 0 amide bonds. The van der Waals surface area contributed by atoms with Gasteiger partial charge in [-0.2, -0.15) is 4.33 Å². The quantitative estimate of drug-likeness (QED) is 0.127. The van der Waals surface area contributed by atoms with Crippen LogP contribution in [0.2, 0.25) is 0 Å². The molecule has 11 heteroatoms. The Labute approximate surface area is 140 Å². The molecule has 2 bridgehead atoms. The predicted octanol–water partition coefficient (Wildman–Crippen LogP) is -1.34. The van der Waals surface area contributed by atoms with Gasteiger partial charge in [-0.25, -0.2) is 4.79 Å². The molecule has 0 spiro atoms. The van der Waals surface area contributed by atoms with E-state index in [-0.39, 0.29) is 36.1 Å². The van der Waals surface area contributed by atoms with Crippen molar-refractivity contribution in [3.05, 3.63) is 0 Å². The Hall–Kier alpha value is -1.40. The normalized spacial score (nSPS) is 33.2. The van der Waals surface area contributed by atoms with Gasteiger partial charge in [-0.05, 0) is 0 Å². The maximum Gasteiger partial charge on any atom is 0.344 e. The lowest BCUT2D eigenvalue weighted by Crippen LogP contribution is -2.40. The van der Waals surface area contributed by atoms with Gasteiger partial charge >= 0.3 is 17.9 Å². The van der Waals surface area contributed by atoms with E-state index in [9.17, 15) is 19.6 Å². The number of hydrogen-bond acceptors (Lipinski definition) is 11. The molecular weight excluding hydrogens is 348 g/mol. The minimum absolute atomic E-state index is 0.0353. The highest BCUT2D eigenvalue weighted by Crippen LogP contribution is 2.48. The summed E-state index contributed by atoms with van der Waals surface area (Å²) in [6, 6.07) is 0. The third kappa shape index (κ3) is 3.64. The molecule has 0 aromatic carbocycles. The van der Waals surface area contributed by atoms with E-state index < -0.39 is 30.8 Å². The number of esters is 3. The summed E-state index contributed by atoms with van der Waals surface area (Å²) in [5.41, 5.74) is 0. The lowest BCUT2D eigenvalue weighted by atomic mass is 9.80. The summed E-state index contributed by atoms with van der Waals surface area (Å²) >= 11 is 0.647. The second-order valence-corrected chi connectivity index (χ2v) is 6.37. The first kappa shape index (κ1) is 17.4. The summed E-state index contributed by atoms with van der Waals surface area (Å²) in [7, 11) is 0. The standard InChI is InChI=1S/C13H16O10S/c14-9(1-2-24-23-22-17)18-5-10(15)20-8-3-7-6-4-19-13(16)11(6)12(8)21-7/h6-8,11-12,17H,1-5H2/p-1. The average molecular weight is 363 g/mol. The lowest BCUT2D eigenvalue weighted by Gasteiger charge is -2.24. The van der Waals surface area contributed by atoms with Gasteiger partial charge in [-0.3, -0.25) is 14.6 Å². The van der Waals surface area contributed by atoms with Crippen LogP contribution in [0.5, 0.6) is 0 Å². The number of carbonyl (C=O) groups excluding carboxylic acids is 3. The fourth-order valence-electron chi connectivity index (χ4n) is 3.28. The largest absolute Gasteiger partial charge is 0.691 e. The second kappa shape index (κ2) is 7.66. The first-order chi connectivity index (χ1) is 11.6. The molecule has 0 aliphatic carbocycles. The molecule has 3 rings (SSSR count). The highest BCUT2D eigenvalue weighted by Gasteiger charge is 2.61. The minimum atomic E-state index is -0.709. The molecule has 3 aliphatic rings. The molecule has 0 N–H and O–H groups in total. The van der Waals surface area contributed by atoms with Crippen LogP contribution >= 0.6 is 12.0 Å². The van der Waals surface area contributed by atoms with Gasteiger partial charge in [0.05, 0.1) is 25.0 Å². The number of fused-ring (bicyclic) bond motifs is 5. The highest BCUT2D eigenvalue weighted by atomic mass is 32.2. The maximum absolute atomic E-state index is 11.8. The zero-order valence-corrected chi connectivity index (χ0v) is 13.2. The van der Waals surface area contributed by atoms with Crippen molar-refractivity contribution >= 4 is 30.0 Å². The van der Waals surface area contributed by atoms with Gasteiger partial charge in [-0.1, -0.05) is 0 Å². The number of ether oxygens (including phenoxy) is 4. The molecule has 3 saturated heterocycles. The Bertz CT molecular complexity index is 511. The maximum atomic E-state index is 11.8. The zero-order valence-electron chi connectivity index (χ0n) is 12.4. The summed E-state index contributed by atoms with van der Waals surface area (Å²) < 4.78 is 24.7. The van der Waals surface area contributed by atoms with E-state index in [1.54, 1.807) is 0 Å². The number of hydrogen-bond donors (Lipinski definition) is 0. The van der Waals surface area contributed by atoms with Crippen molar-refractivity contribution in [3.63, 3.8) is 0 Å². The molecule has 24 heavy (non-hydrogen) atoms. The Morgan fingerprint density at radius 3 is 2.96 bits per heavy atom. The van der Waals surface area contributed by atoms with Gasteiger partial charge in [0.2, 0.25) is 0 Å². The van der Waals surface area contributed by atoms with Crippen molar-refractivity contribution < 1.29 is 48.0 Å². The molecule has 0 radical (unpaired) electrons. The van der Waals surface area contributed by atoms with Crippen LogP contribution in [0, 0.1) is 11.8 Å². The molecule has 10 nitrogen and oxygen atoms in total. The summed E-state index contributed by atoms with van der Waals surface area (Å²) in [6.45, 7) is -0.184. The van der Waals surface area contributed by atoms with Crippen LogP contribution in [0.4, 0.5) is 0 Å². The van der Waals surface area contributed by atoms with Crippen LogP contribution in [0.15, 0.2) is 0 Å². The summed E-state index contributed by atoms with van der Waals surface area (Å²) in [5.74, 6) is -1.88. The molecule has 0 saturated carbocycles. The van der Waals surface area contributed by atoms with E-state index in [0.29, 0.717) is 25.1 Å². The zero-order chi connectivity index (χ0) is 17.1. The van der Waals surface area contributed by atoms with E-state index in [4.69, 9.17) is 18.9 Å². The van der Waals surface area contributed by atoms with Crippen molar-refractivity contribution in [2.75, 3.05) is 19.0 Å². The van der Waals surface area contributed by atoms with Crippen molar-refractivity contribution in [2.24, 2.45) is 11.8 Å². The molecule has 3 aliphatic heterocycles. The van der Waals surface area contributed by atoms with Crippen LogP contribution in [-0.2, 0) is 42.7 Å². The van der Waals surface area contributed by atoms with Crippen molar-refractivity contribution in [1.82, 2.24) is 0 Å². The van der Waals surface area contributed by atoms with Gasteiger partial charge in [0.1, 0.15) is 12.2 Å². The van der Waals surface area contributed by atoms with Crippen LogP contribution in [0.25, 0.3) is 0 Å². The van der Waals surface area contributed by atoms with Gasteiger partial charge in [-0.15, -0.1) is 0 Å². The van der Waals surface area contributed by atoms with Crippen LogP contribution < -0.4 is 5.26 Å². The van der Waals surface area contributed by atoms with Crippen LogP contribution in [-0.4, -0.2) is 55.2 Å². The monoisotopic (exact) mass is 363 g/mol. The predicted molar refractivity (Wildman–Crippen MR) is 71.3 cm³/mol. The molecule has 3 heterocycles. The van der Waals surface area contributed by atoms with Gasteiger partial charge in [0, 0.05) is 30.1 Å². The fraction of sp³-hybridized carbons (Fsp3) is 0.769. The second-order valence-electron chi connectivity index (χ2n) is 5.59. The van der Waals surface area contributed by atoms with E-state index in [1.807, 2.05) is 0 Å². The molecule has 5 unspecified atom stereocenters. The molecule has 3 fully saturated rings. The number of rotatable bonds is 8. The van der Waals surface area contributed by atoms with E-state index >= 15 is 0 Å². The minimum Gasteiger partial charge on any atom is -0.691 e. The van der Waals surface area contributed by atoms with Crippen LogP contribution in [0.1, 0.15) is 12.8 Å². The van der Waals surface area contributed by atoms with Crippen molar-refractivity contribution in [2.45, 2.75) is 31.2 Å². The van der Waals surface area contributed by atoms with Gasteiger partial charge < -0.3 is 24.2 Å². The van der Waals surface area contributed by atoms with Gasteiger partial charge in [0.25, 0.3) is 0 Å². The fourth-order valence-corrected chi connectivity index (χ4v) is 3.63.